The quantitative estimate of drug-likeness (QED) is 0.800. The number of fused-ring (bicyclic) bond motifs is 1. The summed E-state index contributed by atoms with van der Waals surface area (Å²) in [5, 5.41) is 8.16. The molecule has 1 aliphatic heterocycles. The molecule has 0 amide bonds. The Bertz CT molecular complexity index is 850. The zero-order valence-corrected chi connectivity index (χ0v) is 13.0. The minimum atomic E-state index is -0.208. The van der Waals surface area contributed by atoms with E-state index in [1.165, 1.54) is 34.5 Å². The van der Waals surface area contributed by atoms with Gasteiger partial charge >= 0.3 is 0 Å². The Morgan fingerprint density at radius 3 is 2.65 bits per heavy atom. The second-order valence-electron chi connectivity index (χ2n) is 5.98. The first kappa shape index (κ1) is 14.2. The number of aryl methyl sites for hydroxylation is 1. The fraction of sp³-hybridized carbons (Fsp3) is 0.211. The van der Waals surface area contributed by atoms with E-state index in [9.17, 15) is 4.39 Å². The van der Waals surface area contributed by atoms with Gasteiger partial charge in [-0.15, -0.1) is 0 Å². The molecule has 0 saturated heterocycles. The Labute approximate surface area is 134 Å². The van der Waals surface area contributed by atoms with Crippen molar-refractivity contribution in [2.45, 2.75) is 26.6 Å². The zero-order valence-electron chi connectivity index (χ0n) is 13.0. The summed E-state index contributed by atoms with van der Waals surface area (Å²) in [5.41, 5.74) is 7.07. The predicted molar refractivity (Wildman–Crippen MR) is 88.4 cm³/mol. The van der Waals surface area contributed by atoms with Gasteiger partial charge in [-0.05, 0) is 30.2 Å². The standard InChI is InChI=1S/C19H18FN3/c1-13-4-2-3-5-16(13)19-17-10-21-11-18(17)22-23(19)12-14-6-8-15(20)9-7-14/h2-9,21H,10-12H2,1H3. The SMILES string of the molecule is Cc1ccccc1-c1c2c(nn1Cc1ccc(F)cc1)CNC2. The summed E-state index contributed by atoms with van der Waals surface area (Å²) in [4.78, 5) is 0. The van der Waals surface area contributed by atoms with Crippen molar-refractivity contribution in [1.82, 2.24) is 15.1 Å². The van der Waals surface area contributed by atoms with Crippen LogP contribution in [-0.2, 0) is 19.6 Å². The second-order valence-corrected chi connectivity index (χ2v) is 5.98. The van der Waals surface area contributed by atoms with Crippen LogP contribution in [-0.4, -0.2) is 9.78 Å². The lowest BCUT2D eigenvalue weighted by Crippen LogP contribution is -2.10. The van der Waals surface area contributed by atoms with Crippen molar-refractivity contribution in [3.63, 3.8) is 0 Å². The van der Waals surface area contributed by atoms with Crippen molar-refractivity contribution in [2.24, 2.45) is 0 Å². The molecule has 4 heteroatoms. The van der Waals surface area contributed by atoms with Gasteiger partial charge in [0.15, 0.2) is 0 Å². The summed E-state index contributed by atoms with van der Waals surface area (Å²) in [6.07, 6.45) is 0. The maximum absolute atomic E-state index is 13.1. The smallest absolute Gasteiger partial charge is 0.123 e. The third-order valence-corrected chi connectivity index (χ3v) is 4.37. The number of hydrogen-bond acceptors (Lipinski definition) is 2. The van der Waals surface area contributed by atoms with Crippen LogP contribution in [0.2, 0.25) is 0 Å². The summed E-state index contributed by atoms with van der Waals surface area (Å²) in [6, 6.07) is 15.0. The summed E-state index contributed by atoms with van der Waals surface area (Å²) >= 11 is 0. The molecule has 0 aliphatic carbocycles. The lowest BCUT2D eigenvalue weighted by molar-refractivity contribution is 0.622. The van der Waals surface area contributed by atoms with E-state index in [0.29, 0.717) is 6.54 Å². The van der Waals surface area contributed by atoms with Crippen LogP contribution in [0.5, 0.6) is 0 Å². The Kier molecular flexibility index (Phi) is 3.46. The first-order chi connectivity index (χ1) is 11.2. The molecule has 4 rings (SSSR count). The maximum Gasteiger partial charge on any atom is 0.123 e. The minimum absolute atomic E-state index is 0.208. The fourth-order valence-electron chi connectivity index (χ4n) is 3.20. The van der Waals surface area contributed by atoms with E-state index in [1.807, 2.05) is 12.1 Å². The highest BCUT2D eigenvalue weighted by Gasteiger charge is 2.23. The molecule has 0 saturated carbocycles. The molecule has 2 aromatic carbocycles. The van der Waals surface area contributed by atoms with Crippen molar-refractivity contribution in [3.05, 3.63) is 76.7 Å². The molecule has 0 fully saturated rings. The van der Waals surface area contributed by atoms with Crippen molar-refractivity contribution < 1.29 is 4.39 Å². The Morgan fingerprint density at radius 2 is 1.87 bits per heavy atom. The van der Waals surface area contributed by atoms with Crippen LogP contribution in [0.1, 0.15) is 22.4 Å². The number of benzene rings is 2. The summed E-state index contributed by atoms with van der Waals surface area (Å²) in [7, 11) is 0. The Morgan fingerprint density at radius 1 is 1.09 bits per heavy atom. The van der Waals surface area contributed by atoms with Gasteiger partial charge in [0.05, 0.1) is 17.9 Å². The molecular formula is C19H18FN3. The summed E-state index contributed by atoms with van der Waals surface area (Å²) in [5.74, 6) is -0.208. The van der Waals surface area contributed by atoms with E-state index in [4.69, 9.17) is 5.10 Å². The van der Waals surface area contributed by atoms with E-state index in [2.05, 4.69) is 41.2 Å². The van der Waals surface area contributed by atoms with Gasteiger partial charge in [-0.25, -0.2) is 4.39 Å². The van der Waals surface area contributed by atoms with Crippen molar-refractivity contribution in [1.29, 1.82) is 0 Å². The molecule has 0 unspecified atom stereocenters. The fourth-order valence-corrected chi connectivity index (χ4v) is 3.20. The van der Waals surface area contributed by atoms with Crippen molar-refractivity contribution in [2.75, 3.05) is 0 Å². The molecule has 1 N–H and O–H groups in total. The highest BCUT2D eigenvalue weighted by molar-refractivity contribution is 5.68. The first-order valence-corrected chi connectivity index (χ1v) is 7.82. The summed E-state index contributed by atoms with van der Waals surface area (Å²) in [6.45, 7) is 4.43. The largest absolute Gasteiger partial charge is 0.307 e. The highest BCUT2D eigenvalue weighted by Crippen LogP contribution is 2.31. The van der Waals surface area contributed by atoms with E-state index in [0.717, 1.165) is 24.3 Å². The molecule has 116 valence electrons. The molecular weight excluding hydrogens is 289 g/mol. The molecule has 2 heterocycles. The van der Waals surface area contributed by atoms with E-state index >= 15 is 0 Å². The Balaban J connectivity index is 1.81. The monoisotopic (exact) mass is 307 g/mol. The van der Waals surface area contributed by atoms with Crippen LogP contribution >= 0.6 is 0 Å². The first-order valence-electron chi connectivity index (χ1n) is 7.82. The van der Waals surface area contributed by atoms with E-state index in [1.54, 1.807) is 0 Å². The molecule has 0 spiro atoms. The van der Waals surface area contributed by atoms with Crippen LogP contribution in [0.15, 0.2) is 48.5 Å². The predicted octanol–water partition coefficient (Wildman–Crippen LogP) is 3.65. The van der Waals surface area contributed by atoms with Crippen molar-refractivity contribution >= 4 is 0 Å². The van der Waals surface area contributed by atoms with Gasteiger partial charge in [0.2, 0.25) is 0 Å². The number of nitrogens with zero attached hydrogens (tertiary/aromatic N) is 2. The molecule has 0 atom stereocenters. The average molecular weight is 307 g/mol. The average Bonchev–Trinajstić information content (AvgIpc) is 3.11. The summed E-state index contributed by atoms with van der Waals surface area (Å²) < 4.78 is 15.2. The van der Waals surface area contributed by atoms with Gasteiger partial charge in [-0.3, -0.25) is 4.68 Å². The van der Waals surface area contributed by atoms with Gasteiger partial charge in [0, 0.05) is 24.2 Å². The van der Waals surface area contributed by atoms with Crippen LogP contribution in [0.4, 0.5) is 4.39 Å². The molecule has 1 aromatic heterocycles. The van der Waals surface area contributed by atoms with Crippen LogP contribution in [0.3, 0.4) is 0 Å². The lowest BCUT2D eigenvalue weighted by atomic mass is 10.0. The molecule has 1 aliphatic rings. The van der Waals surface area contributed by atoms with Gasteiger partial charge < -0.3 is 5.32 Å². The third-order valence-electron chi connectivity index (χ3n) is 4.37. The van der Waals surface area contributed by atoms with Gasteiger partial charge in [-0.2, -0.15) is 5.10 Å². The number of aromatic nitrogens is 2. The topological polar surface area (TPSA) is 29.9 Å². The van der Waals surface area contributed by atoms with Crippen molar-refractivity contribution in [3.8, 4) is 11.3 Å². The number of hydrogen-bond donors (Lipinski definition) is 1. The Hall–Kier alpha value is -2.46. The van der Waals surface area contributed by atoms with Gasteiger partial charge in [-0.1, -0.05) is 36.4 Å². The molecule has 0 bridgehead atoms. The molecule has 3 nitrogen and oxygen atoms in total. The van der Waals surface area contributed by atoms with Gasteiger partial charge in [0.1, 0.15) is 5.82 Å². The zero-order chi connectivity index (χ0) is 15.8. The number of halogens is 1. The van der Waals surface area contributed by atoms with Gasteiger partial charge in [0.25, 0.3) is 0 Å². The normalized spacial score (nSPS) is 13.3. The van der Waals surface area contributed by atoms with Crippen LogP contribution in [0, 0.1) is 12.7 Å². The molecule has 0 radical (unpaired) electrons. The third kappa shape index (κ3) is 2.55. The van der Waals surface area contributed by atoms with E-state index < -0.39 is 0 Å². The minimum Gasteiger partial charge on any atom is -0.307 e. The van der Waals surface area contributed by atoms with Crippen LogP contribution in [0.25, 0.3) is 11.3 Å². The van der Waals surface area contributed by atoms with E-state index in [-0.39, 0.29) is 5.82 Å². The molecule has 3 aromatic rings. The lowest BCUT2D eigenvalue weighted by Gasteiger charge is -2.12. The highest BCUT2D eigenvalue weighted by atomic mass is 19.1. The molecule has 23 heavy (non-hydrogen) atoms. The second kappa shape index (κ2) is 5.63. The number of rotatable bonds is 3. The number of nitrogens with one attached hydrogen (secondary N) is 1. The maximum atomic E-state index is 13.1. The van der Waals surface area contributed by atoms with Crippen LogP contribution < -0.4 is 5.32 Å².